The first kappa shape index (κ1) is 13.7. The van der Waals surface area contributed by atoms with Crippen molar-refractivity contribution >= 4 is 11.4 Å². The van der Waals surface area contributed by atoms with E-state index in [1.165, 1.54) is 18.2 Å². The first-order valence-corrected chi connectivity index (χ1v) is 5.87. The SMILES string of the molecule is Cc1cccc([N+](=O)[O-])c1Cc1cc[c]c([N+](=O)[O-])c1. The fourth-order valence-electron chi connectivity index (χ4n) is 2.01. The molecule has 0 amide bonds. The van der Waals surface area contributed by atoms with E-state index < -0.39 is 9.85 Å². The second-order valence-corrected chi connectivity index (χ2v) is 4.35. The zero-order valence-corrected chi connectivity index (χ0v) is 10.7. The average molecular weight is 271 g/mol. The van der Waals surface area contributed by atoms with E-state index in [0.29, 0.717) is 11.1 Å². The van der Waals surface area contributed by atoms with Gasteiger partial charge in [0, 0.05) is 24.1 Å². The number of hydrogen-bond donors (Lipinski definition) is 0. The van der Waals surface area contributed by atoms with Gasteiger partial charge in [0.05, 0.1) is 15.9 Å². The highest BCUT2D eigenvalue weighted by Gasteiger charge is 2.16. The van der Waals surface area contributed by atoms with Crippen molar-refractivity contribution in [3.8, 4) is 0 Å². The number of rotatable bonds is 4. The van der Waals surface area contributed by atoms with Crippen LogP contribution in [-0.4, -0.2) is 9.85 Å². The monoisotopic (exact) mass is 271 g/mol. The van der Waals surface area contributed by atoms with E-state index in [4.69, 9.17) is 0 Å². The van der Waals surface area contributed by atoms with Crippen LogP contribution in [0.1, 0.15) is 16.7 Å². The van der Waals surface area contributed by atoms with Crippen LogP contribution in [0.15, 0.2) is 36.4 Å². The third-order valence-corrected chi connectivity index (χ3v) is 3.01. The molecule has 0 aliphatic carbocycles. The van der Waals surface area contributed by atoms with Crippen LogP contribution < -0.4 is 0 Å². The molecule has 0 saturated carbocycles. The molecule has 0 N–H and O–H groups in total. The van der Waals surface area contributed by atoms with Crippen molar-refractivity contribution in [3.05, 3.63) is 79.4 Å². The molecule has 0 unspecified atom stereocenters. The highest BCUT2D eigenvalue weighted by atomic mass is 16.6. The molecular weight excluding hydrogens is 260 g/mol. The molecule has 20 heavy (non-hydrogen) atoms. The summed E-state index contributed by atoms with van der Waals surface area (Å²) in [4.78, 5) is 20.8. The standard InChI is InChI=1S/C14H11N2O4/c1-10-4-2-7-14(16(19)20)13(10)9-11-5-3-6-12(8-11)15(17)18/h2-5,7-8H,9H2,1H3. The molecule has 0 aliphatic heterocycles. The first-order valence-electron chi connectivity index (χ1n) is 5.87. The van der Waals surface area contributed by atoms with Gasteiger partial charge >= 0.3 is 0 Å². The largest absolute Gasteiger partial charge is 0.277 e. The molecule has 0 aromatic heterocycles. The van der Waals surface area contributed by atoms with Gasteiger partial charge in [-0.3, -0.25) is 20.2 Å². The summed E-state index contributed by atoms with van der Waals surface area (Å²) in [6, 6.07) is 11.9. The van der Waals surface area contributed by atoms with Crippen molar-refractivity contribution in [2.45, 2.75) is 13.3 Å². The third-order valence-electron chi connectivity index (χ3n) is 3.01. The summed E-state index contributed by atoms with van der Waals surface area (Å²) in [5, 5.41) is 21.7. The lowest BCUT2D eigenvalue weighted by Crippen LogP contribution is -2.00. The molecule has 2 aromatic rings. The topological polar surface area (TPSA) is 86.3 Å². The zero-order chi connectivity index (χ0) is 14.7. The summed E-state index contributed by atoms with van der Waals surface area (Å²) in [5.41, 5.74) is 1.89. The van der Waals surface area contributed by atoms with Gasteiger partial charge in [-0.05, 0) is 24.1 Å². The lowest BCUT2D eigenvalue weighted by Gasteiger charge is -2.06. The molecule has 0 fully saturated rings. The predicted molar refractivity (Wildman–Crippen MR) is 72.6 cm³/mol. The Labute approximate surface area is 115 Å². The molecule has 2 rings (SSSR count). The average Bonchev–Trinajstić information content (AvgIpc) is 2.41. The minimum Gasteiger partial charge on any atom is -0.258 e. The Morgan fingerprint density at radius 1 is 1.15 bits per heavy atom. The van der Waals surface area contributed by atoms with Crippen molar-refractivity contribution < 1.29 is 9.85 Å². The number of non-ortho nitro benzene ring substituents is 1. The molecule has 0 aliphatic rings. The summed E-state index contributed by atoms with van der Waals surface area (Å²) in [5.74, 6) is 0. The lowest BCUT2D eigenvalue weighted by atomic mass is 9.98. The highest BCUT2D eigenvalue weighted by Crippen LogP contribution is 2.25. The van der Waals surface area contributed by atoms with Crippen LogP contribution >= 0.6 is 0 Å². The Balaban J connectivity index is 2.42. The molecule has 6 heteroatoms. The number of benzene rings is 2. The van der Waals surface area contributed by atoms with E-state index in [2.05, 4.69) is 6.07 Å². The predicted octanol–water partition coefficient (Wildman–Crippen LogP) is 3.20. The van der Waals surface area contributed by atoms with Crippen LogP contribution in [0, 0.1) is 33.2 Å². The van der Waals surface area contributed by atoms with Crippen molar-refractivity contribution in [1.29, 1.82) is 0 Å². The number of nitro groups is 2. The Morgan fingerprint density at radius 3 is 2.55 bits per heavy atom. The molecular formula is C14H11N2O4. The summed E-state index contributed by atoms with van der Waals surface area (Å²) in [6.45, 7) is 1.78. The van der Waals surface area contributed by atoms with Gasteiger partial charge in [-0.2, -0.15) is 0 Å². The molecule has 101 valence electrons. The molecule has 0 bridgehead atoms. The number of nitro benzene ring substituents is 2. The van der Waals surface area contributed by atoms with E-state index in [-0.39, 0.29) is 17.8 Å². The van der Waals surface area contributed by atoms with E-state index in [0.717, 1.165) is 5.56 Å². The van der Waals surface area contributed by atoms with Gasteiger partial charge in [-0.25, -0.2) is 0 Å². The fraction of sp³-hybridized carbons (Fsp3) is 0.143. The molecule has 0 heterocycles. The van der Waals surface area contributed by atoms with E-state index in [1.54, 1.807) is 25.1 Å². The summed E-state index contributed by atoms with van der Waals surface area (Å²) in [6.07, 6.45) is 0.276. The van der Waals surface area contributed by atoms with E-state index in [1.807, 2.05) is 0 Å². The molecule has 0 spiro atoms. The Morgan fingerprint density at radius 2 is 1.90 bits per heavy atom. The number of hydrogen-bond acceptors (Lipinski definition) is 4. The first-order chi connectivity index (χ1) is 9.49. The zero-order valence-electron chi connectivity index (χ0n) is 10.7. The maximum Gasteiger partial charge on any atom is 0.277 e. The molecule has 0 saturated heterocycles. The Bertz CT molecular complexity index is 683. The smallest absolute Gasteiger partial charge is 0.258 e. The Kier molecular flexibility index (Phi) is 3.74. The van der Waals surface area contributed by atoms with Gasteiger partial charge in [-0.1, -0.05) is 18.2 Å². The van der Waals surface area contributed by atoms with Gasteiger partial charge in [0.1, 0.15) is 0 Å². The van der Waals surface area contributed by atoms with Crippen LogP contribution in [-0.2, 0) is 6.42 Å². The lowest BCUT2D eigenvalue weighted by molar-refractivity contribution is -0.385. The summed E-state index contributed by atoms with van der Waals surface area (Å²) >= 11 is 0. The normalized spacial score (nSPS) is 10.2. The van der Waals surface area contributed by atoms with Crippen LogP contribution in [0.25, 0.3) is 0 Å². The molecule has 1 radical (unpaired) electrons. The molecule has 0 atom stereocenters. The summed E-state index contributed by atoms with van der Waals surface area (Å²) in [7, 11) is 0. The highest BCUT2D eigenvalue weighted by molar-refractivity contribution is 5.48. The van der Waals surface area contributed by atoms with Crippen LogP contribution in [0.2, 0.25) is 0 Å². The second kappa shape index (κ2) is 5.48. The van der Waals surface area contributed by atoms with Crippen LogP contribution in [0.5, 0.6) is 0 Å². The van der Waals surface area contributed by atoms with Gasteiger partial charge in [0.2, 0.25) is 0 Å². The van der Waals surface area contributed by atoms with Crippen molar-refractivity contribution in [1.82, 2.24) is 0 Å². The quantitative estimate of drug-likeness (QED) is 0.631. The van der Waals surface area contributed by atoms with Gasteiger partial charge in [0.15, 0.2) is 0 Å². The van der Waals surface area contributed by atoms with Crippen molar-refractivity contribution in [2.75, 3.05) is 0 Å². The van der Waals surface area contributed by atoms with Gasteiger partial charge < -0.3 is 0 Å². The molecule has 6 nitrogen and oxygen atoms in total. The number of nitrogens with zero attached hydrogens (tertiary/aromatic N) is 2. The molecule has 2 aromatic carbocycles. The Hall–Kier alpha value is -2.76. The van der Waals surface area contributed by atoms with Gasteiger partial charge in [0.25, 0.3) is 11.4 Å². The van der Waals surface area contributed by atoms with Crippen LogP contribution in [0.4, 0.5) is 11.4 Å². The number of aryl methyl sites for hydroxylation is 1. The van der Waals surface area contributed by atoms with Crippen LogP contribution in [0.3, 0.4) is 0 Å². The van der Waals surface area contributed by atoms with E-state index in [9.17, 15) is 20.2 Å². The third kappa shape index (κ3) is 2.80. The minimum absolute atomic E-state index is 0.0282. The van der Waals surface area contributed by atoms with Crippen molar-refractivity contribution in [2.24, 2.45) is 0 Å². The van der Waals surface area contributed by atoms with Crippen molar-refractivity contribution in [3.63, 3.8) is 0 Å². The minimum atomic E-state index is -0.532. The maximum absolute atomic E-state index is 11.0. The summed E-state index contributed by atoms with van der Waals surface area (Å²) < 4.78 is 0. The maximum atomic E-state index is 11.0. The second-order valence-electron chi connectivity index (χ2n) is 4.35. The van der Waals surface area contributed by atoms with Gasteiger partial charge in [-0.15, -0.1) is 0 Å². The van der Waals surface area contributed by atoms with E-state index >= 15 is 0 Å². The fourth-order valence-corrected chi connectivity index (χ4v) is 2.01.